The summed E-state index contributed by atoms with van der Waals surface area (Å²) in [5, 5.41) is 0.525. The molecule has 9 heteroatoms. The van der Waals surface area contributed by atoms with Gasteiger partial charge in [-0.15, -0.1) is 0 Å². The van der Waals surface area contributed by atoms with E-state index in [0.717, 1.165) is 6.20 Å². The summed E-state index contributed by atoms with van der Waals surface area (Å²) < 4.78 is 44.2. The molecule has 0 amide bonds. The van der Waals surface area contributed by atoms with E-state index in [0.29, 0.717) is 16.9 Å². The molecule has 3 rings (SSSR count). The summed E-state index contributed by atoms with van der Waals surface area (Å²) in [5.74, 6) is 5.73. The van der Waals surface area contributed by atoms with Gasteiger partial charge in [0.05, 0.1) is 12.1 Å². The third-order valence-electron chi connectivity index (χ3n) is 3.48. The standard InChI is InChI=1S/C17H13F3N4OS/c1-10(2)3-4-11-5-12-6-21-9-22-15(12)24(16(11)25)8-13-7-23-26-14(13)17(18,19)20/h5-7,9-10H,8H2,1-2H3. The van der Waals surface area contributed by atoms with Gasteiger partial charge in [0.2, 0.25) is 0 Å². The Hall–Kier alpha value is -2.73. The molecule has 0 aliphatic carbocycles. The molecule has 0 aromatic carbocycles. The lowest BCUT2D eigenvalue weighted by atomic mass is 10.1. The quantitative estimate of drug-likeness (QED) is 0.642. The number of hydrogen-bond donors (Lipinski definition) is 0. The van der Waals surface area contributed by atoms with Crippen molar-refractivity contribution in [1.29, 1.82) is 0 Å². The van der Waals surface area contributed by atoms with Crippen LogP contribution in [0.25, 0.3) is 11.0 Å². The minimum Gasteiger partial charge on any atom is -0.287 e. The zero-order valence-corrected chi connectivity index (χ0v) is 14.6. The van der Waals surface area contributed by atoms with Gasteiger partial charge in [-0.3, -0.25) is 9.36 Å². The van der Waals surface area contributed by atoms with Crippen LogP contribution in [0.1, 0.15) is 29.9 Å². The van der Waals surface area contributed by atoms with Crippen molar-refractivity contribution in [3.05, 3.63) is 51.1 Å². The second-order valence-corrected chi connectivity index (χ2v) is 6.65. The van der Waals surface area contributed by atoms with Crippen LogP contribution in [-0.2, 0) is 12.7 Å². The van der Waals surface area contributed by atoms with Crippen molar-refractivity contribution < 1.29 is 13.2 Å². The van der Waals surface area contributed by atoms with Gasteiger partial charge in [0, 0.05) is 29.3 Å². The first kappa shape index (κ1) is 18.1. The second kappa shape index (κ2) is 6.88. The van der Waals surface area contributed by atoms with E-state index in [1.165, 1.54) is 17.1 Å². The smallest absolute Gasteiger partial charge is 0.287 e. The predicted molar refractivity (Wildman–Crippen MR) is 91.7 cm³/mol. The third kappa shape index (κ3) is 3.60. The fraction of sp³-hybridized carbons (Fsp3) is 0.294. The fourth-order valence-electron chi connectivity index (χ4n) is 2.36. The van der Waals surface area contributed by atoms with Gasteiger partial charge in [-0.05, 0) is 17.6 Å². The topological polar surface area (TPSA) is 60.7 Å². The number of pyridine rings is 1. The van der Waals surface area contributed by atoms with Crippen LogP contribution >= 0.6 is 11.5 Å². The molecule has 0 unspecified atom stereocenters. The molecule has 0 N–H and O–H groups in total. The van der Waals surface area contributed by atoms with Gasteiger partial charge in [0.1, 0.15) is 16.9 Å². The number of fused-ring (bicyclic) bond motifs is 1. The molecule has 3 aromatic heterocycles. The van der Waals surface area contributed by atoms with E-state index in [1.807, 2.05) is 13.8 Å². The maximum absolute atomic E-state index is 13.1. The van der Waals surface area contributed by atoms with Gasteiger partial charge in [0.15, 0.2) is 0 Å². The highest BCUT2D eigenvalue weighted by Gasteiger charge is 2.36. The van der Waals surface area contributed by atoms with Crippen molar-refractivity contribution in [2.75, 3.05) is 0 Å². The van der Waals surface area contributed by atoms with Crippen LogP contribution in [0, 0.1) is 17.8 Å². The summed E-state index contributed by atoms with van der Waals surface area (Å²) in [6.45, 7) is 3.46. The van der Waals surface area contributed by atoms with Crippen molar-refractivity contribution in [3.8, 4) is 11.8 Å². The van der Waals surface area contributed by atoms with Crippen LogP contribution in [0.2, 0.25) is 0 Å². The molecule has 0 spiro atoms. The Labute approximate surface area is 150 Å². The van der Waals surface area contributed by atoms with Crippen LogP contribution in [0.3, 0.4) is 0 Å². The highest BCUT2D eigenvalue weighted by molar-refractivity contribution is 7.06. The highest BCUT2D eigenvalue weighted by atomic mass is 32.1. The average Bonchev–Trinajstić information content (AvgIpc) is 3.04. The van der Waals surface area contributed by atoms with E-state index in [1.54, 1.807) is 6.07 Å². The lowest BCUT2D eigenvalue weighted by Crippen LogP contribution is -2.25. The fourth-order valence-corrected chi connectivity index (χ4v) is 2.98. The number of aromatic nitrogens is 4. The minimum atomic E-state index is -4.53. The molecule has 0 fully saturated rings. The molecular weight excluding hydrogens is 365 g/mol. The summed E-state index contributed by atoms with van der Waals surface area (Å²) in [6, 6.07) is 1.56. The van der Waals surface area contributed by atoms with E-state index < -0.39 is 16.6 Å². The first-order valence-electron chi connectivity index (χ1n) is 7.63. The van der Waals surface area contributed by atoms with Gasteiger partial charge in [0.25, 0.3) is 5.56 Å². The molecule has 3 heterocycles. The van der Waals surface area contributed by atoms with Gasteiger partial charge in [-0.25, -0.2) is 14.3 Å². The first-order valence-corrected chi connectivity index (χ1v) is 8.40. The minimum absolute atomic E-state index is 0.0449. The summed E-state index contributed by atoms with van der Waals surface area (Å²) in [7, 11) is 0. The van der Waals surface area contributed by atoms with E-state index in [2.05, 4.69) is 26.2 Å². The van der Waals surface area contributed by atoms with E-state index in [9.17, 15) is 18.0 Å². The summed E-state index contributed by atoms with van der Waals surface area (Å²) in [4.78, 5) is 19.9. The van der Waals surface area contributed by atoms with Crippen LogP contribution in [0.4, 0.5) is 13.2 Å². The molecule has 0 saturated carbocycles. The van der Waals surface area contributed by atoms with Crippen LogP contribution in [0.15, 0.2) is 29.6 Å². The SMILES string of the molecule is CC(C)C#Cc1cc2cncnc2n(Cc2cnsc2C(F)(F)F)c1=O. The Bertz CT molecular complexity index is 1070. The Balaban J connectivity index is 2.20. The Kier molecular flexibility index (Phi) is 4.78. The largest absolute Gasteiger partial charge is 0.427 e. The zero-order valence-electron chi connectivity index (χ0n) is 13.8. The maximum Gasteiger partial charge on any atom is 0.427 e. The summed E-state index contributed by atoms with van der Waals surface area (Å²) in [5.41, 5.74) is -0.140. The molecule has 3 aromatic rings. The number of rotatable bonds is 2. The molecule has 0 atom stereocenters. The van der Waals surface area contributed by atoms with Crippen molar-refractivity contribution in [2.24, 2.45) is 5.92 Å². The van der Waals surface area contributed by atoms with Crippen LogP contribution < -0.4 is 5.56 Å². The van der Waals surface area contributed by atoms with Gasteiger partial charge >= 0.3 is 6.18 Å². The Morgan fingerprint density at radius 2 is 2.08 bits per heavy atom. The maximum atomic E-state index is 13.1. The molecule has 134 valence electrons. The molecule has 0 aliphatic heterocycles. The molecular formula is C17H13F3N4OS. The number of halogens is 3. The first-order chi connectivity index (χ1) is 12.3. The van der Waals surface area contributed by atoms with Crippen molar-refractivity contribution >= 4 is 22.6 Å². The van der Waals surface area contributed by atoms with Crippen molar-refractivity contribution in [3.63, 3.8) is 0 Å². The monoisotopic (exact) mass is 378 g/mol. The number of hydrogen-bond acceptors (Lipinski definition) is 5. The molecule has 26 heavy (non-hydrogen) atoms. The summed E-state index contributed by atoms with van der Waals surface area (Å²) >= 11 is 0.354. The van der Waals surface area contributed by atoms with Gasteiger partial charge in [-0.1, -0.05) is 25.7 Å². The van der Waals surface area contributed by atoms with Gasteiger partial charge in [-0.2, -0.15) is 13.2 Å². The predicted octanol–water partition coefficient (Wildman–Crippen LogP) is 3.32. The molecule has 0 aliphatic rings. The third-order valence-corrected chi connectivity index (χ3v) is 4.36. The van der Waals surface area contributed by atoms with Crippen molar-refractivity contribution in [2.45, 2.75) is 26.6 Å². The molecule has 0 radical (unpaired) electrons. The summed E-state index contributed by atoms with van der Waals surface area (Å²) in [6.07, 6.45) is -0.664. The lowest BCUT2D eigenvalue weighted by molar-refractivity contribution is -0.134. The number of nitrogens with zero attached hydrogens (tertiary/aromatic N) is 4. The normalized spacial score (nSPS) is 11.6. The second-order valence-electron chi connectivity index (χ2n) is 5.85. The Morgan fingerprint density at radius 1 is 1.31 bits per heavy atom. The van der Waals surface area contributed by atoms with E-state index in [-0.39, 0.29) is 29.2 Å². The van der Waals surface area contributed by atoms with E-state index >= 15 is 0 Å². The zero-order chi connectivity index (χ0) is 18.9. The highest BCUT2D eigenvalue weighted by Crippen LogP contribution is 2.35. The molecule has 5 nitrogen and oxygen atoms in total. The van der Waals surface area contributed by atoms with Crippen molar-refractivity contribution in [1.82, 2.24) is 18.9 Å². The van der Waals surface area contributed by atoms with Crippen LogP contribution in [0.5, 0.6) is 0 Å². The average molecular weight is 378 g/mol. The van der Waals surface area contributed by atoms with E-state index in [4.69, 9.17) is 0 Å². The number of alkyl halides is 3. The molecule has 0 bridgehead atoms. The lowest BCUT2D eigenvalue weighted by Gasteiger charge is -2.11. The van der Waals surface area contributed by atoms with Gasteiger partial charge < -0.3 is 0 Å². The Morgan fingerprint density at radius 3 is 2.77 bits per heavy atom. The molecule has 0 saturated heterocycles. The van der Waals surface area contributed by atoms with Crippen LogP contribution in [-0.4, -0.2) is 18.9 Å².